The molecule has 0 aromatic heterocycles. The van der Waals surface area contributed by atoms with Gasteiger partial charge in [-0.15, -0.1) is 0 Å². The fourth-order valence-corrected chi connectivity index (χ4v) is 2.22. The molecule has 0 fully saturated rings. The zero-order valence-electron chi connectivity index (χ0n) is 11.5. The smallest absolute Gasteiger partial charge is 0.340 e. The average molecular weight is 328 g/mol. The van der Waals surface area contributed by atoms with Crippen molar-refractivity contribution in [1.29, 1.82) is 0 Å². The van der Waals surface area contributed by atoms with Crippen LogP contribution in [0.3, 0.4) is 0 Å². The Morgan fingerprint density at radius 2 is 1.89 bits per heavy atom. The van der Waals surface area contributed by atoms with Crippen LogP contribution in [-0.4, -0.2) is 12.6 Å². The van der Waals surface area contributed by atoms with Crippen LogP contribution < -0.4 is 5.73 Å². The molecule has 1 rings (SSSR count). The molecular formula is C15H22BrNO2. The average Bonchev–Trinajstić information content (AvgIpc) is 2.37. The number of unbranched alkanes of at least 4 members (excludes halogenated alkanes) is 5. The van der Waals surface area contributed by atoms with E-state index >= 15 is 0 Å². The monoisotopic (exact) mass is 327 g/mol. The Morgan fingerprint density at radius 1 is 1.21 bits per heavy atom. The van der Waals surface area contributed by atoms with Gasteiger partial charge in [-0.05, 0) is 24.6 Å². The molecule has 0 unspecified atom stereocenters. The Labute approximate surface area is 123 Å². The summed E-state index contributed by atoms with van der Waals surface area (Å²) in [4.78, 5) is 11.8. The SMILES string of the molecule is CCCCCCCCOC(=O)c1ccc(Br)cc1N. The number of rotatable bonds is 8. The van der Waals surface area contributed by atoms with Crippen LogP contribution in [0.25, 0.3) is 0 Å². The van der Waals surface area contributed by atoms with Crippen LogP contribution in [0, 0.1) is 0 Å². The number of hydrogen-bond acceptors (Lipinski definition) is 3. The molecule has 106 valence electrons. The summed E-state index contributed by atoms with van der Waals surface area (Å²) in [6.07, 6.45) is 7.05. The molecule has 0 aliphatic rings. The highest BCUT2D eigenvalue weighted by Gasteiger charge is 2.10. The van der Waals surface area contributed by atoms with Crippen molar-refractivity contribution in [2.45, 2.75) is 45.4 Å². The van der Waals surface area contributed by atoms with Crippen molar-refractivity contribution in [3.63, 3.8) is 0 Å². The predicted octanol–water partition coefficient (Wildman–Crippen LogP) is 4.55. The molecule has 0 radical (unpaired) electrons. The van der Waals surface area contributed by atoms with E-state index in [0.29, 0.717) is 17.9 Å². The third kappa shape index (κ3) is 6.10. The summed E-state index contributed by atoms with van der Waals surface area (Å²) < 4.78 is 6.08. The fourth-order valence-electron chi connectivity index (χ4n) is 1.84. The number of ether oxygens (including phenoxy) is 1. The number of carbonyl (C=O) groups is 1. The molecule has 4 heteroatoms. The summed E-state index contributed by atoms with van der Waals surface area (Å²) in [6, 6.07) is 5.18. The summed E-state index contributed by atoms with van der Waals surface area (Å²) >= 11 is 3.31. The second-order valence-corrected chi connectivity index (χ2v) is 5.55. The third-order valence-electron chi connectivity index (χ3n) is 2.96. The van der Waals surface area contributed by atoms with E-state index in [0.717, 1.165) is 17.3 Å². The molecule has 19 heavy (non-hydrogen) atoms. The topological polar surface area (TPSA) is 52.3 Å². The second kappa shape index (κ2) is 8.97. The summed E-state index contributed by atoms with van der Waals surface area (Å²) in [6.45, 7) is 2.67. The van der Waals surface area contributed by atoms with E-state index in [2.05, 4.69) is 22.9 Å². The number of anilines is 1. The lowest BCUT2D eigenvalue weighted by atomic mass is 10.1. The van der Waals surface area contributed by atoms with Gasteiger partial charge < -0.3 is 10.5 Å². The Balaban J connectivity index is 2.24. The van der Waals surface area contributed by atoms with Crippen molar-refractivity contribution in [3.8, 4) is 0 Å². The van der Waals surface area contributed by atoms with Crippen LogP contribution in [0.2, 0.25) is 0 Å². The third-order valence-corrected chi connectivity index (χ3v) is 3.46. The quantitative estimate of drug-likeness (QED) is 0.433. The molecule has 0 saturated carbocycles. The number of hydrogen-bond donors (Lipinski definition) is 1. The molecule has 1 aromatic rings. The van der Waals surface area contributed by atoms with Gasteiger partial charge in [0.1, 0.15) is 0 Å². The van der Waals surface area contributed by atoms with E-state index in [1.54, 1.807) is 18.2 Å². The van der Waals surface area contributed by atoms with E-state index < -0.39 is 0 Å². The van der Waals surface area contributed by atoms with Crippen molar-refractivity contribution < 1.29 is 9.53 Å². The summed E-state index contributed by atoms with van der Waals surface area (Å²) in [5, 5.41) is 0. The van der Waals surface area contributed by atoms with Crippen LogP contribution in [0.15, 0.2) is 22.7 Å². The molecule has 1 aromatic carbocycles. The normalized spacial score (nSPS) is 10.4. The number of benzene rings is 1. The molecule has 0 spiro atoms. The van der Waals surface area contributed by atoms with Crippen molar-refractivity contribution in [1.82, 2.24) is 0 Å². The molecule has 0 aliphatic carbocycles. The first-order valence-electron chi connectivity index (χ1n) is 6.87. The second-order valence-electron chi connectivity index (χ2n) is 4.64. The van der Waals surface area contributed by atoms with Crippen LogP contribution >= 0.6 is 15.9 Å². The first-order chi connectivity index (χ1) is 9.15. The Morgan fingerprint density at radius 3 is 2.58 bits per heavy atom. The van der Waals surface area contributed by atoms with E-state index in [4.69, 9.17) is 10.5 Å². The molecule has 0 saturated heterocycles. The van der Waals surface area contributed by atoms with Gasteiger partial charge >= 0.3 is 5.97 Å². The van der Waals surface area contributed by atoms with Crippen LogP contribution in [0.4, 0.5) is 5.69 Å². The largest absolute Gasteiger partial charge is 0.462 e. The minimum atomic E-state index is -0.335. The van der Waals surface area contributed by atoms with Crippen molar-refractivity contribution >= 4 is 27.6 Å². The van der Waals surface area contributed by atoms with E-state index in [9.17, 15) is 4.79 Å². The Hall–Kier alpha value is -1.03. The van der Waals surface area contributed by atoms with Crippen LogP contribution in [0.1, 0.15) is 55.8 Å². The summed E-state index contributed by atoms with van der Waals surface area (Å²) in [5.74, 6) is -0.335. The lowest BCUT2D eigenvalue weighted by Gasteiger charge is -2.07. The van der Waals surface area contributed by atoms with E-state index in [1.807, 2.05) is 0 Å². The minimum absolute atomic E-state index is 0.335. The number of carbonyl (C=O) groups excluding carboxylic acids is 1. The summed E-state index contributed by atoms with van der Waals surface area (Å²) in [7, 11) is 0. The predicted molar refractivity (Wildman–Crippen MR) is 82.2 cm³/mol. The van der Waals surface area contributed by atoms with Crippen molar-refractivity contribution in [2.24, 2.45) is 0 Å². The molecule has 0 bridgehead atoms. The highest BCUT2D eigenvalue weighted by molar-refractivity contribution is 9.10. The Bertz CT molecular complexity index is 407. The van der Waals surface area contributed by atoms with Gasteiger partial charge in [0.2, 0.25) is 0 Å². The molecule has 0 atom stereocenters. The van der Waals surface area contributed by atoms with Crippen LogP contribution in [-0.2, 0) is 4.74 Å². The first-order valence-corrected chi connectivity index (χ1v) is 7.66. The maximum Gasteiger partial charge on any atom is 0.340 e. The van der Waals surface area contributed by atoms with Gasteiger partial charge in [-0.1, -0.05) is 55.0 Å². The number of nitrogen functional groups attached to an aromatic ring is 1. The van der Waals surface area contributed by atoms with Gasteiger partial charge in [0, 0.05) is 10.2 Å². The van der Waals surface area contributed by atoms with Gasteiger partial charge in [0.15, 0.2) is 0 Å². The highest BCUT2D eigenvalue weighted by atomic mass is 79.9. The molecule has 0 aliphatic heterocycles. The number of esters is 1. The molecule has 3 nitrogen and oxygen atoms in total. The molecule has 0 heterocycles. The van der Waals surface area contributed by atoms with Crippen LogP contribution in [0.5, 0.6) is 0 Å². The molecular weight excluding hydrogens is 306 g/mol. The van der Waals surface area contributed by atoms with Crippen molar-refractivity contribution in [2.75, 3.05) is 12.3 Å². The first kappa shape index (κ1) is 16.0. The van der Waals surface area contributed by atoms with E-state index in [1.165, 1.54) is 25.7 Å². The minimum Gasteiger partial charge on any atom is -0.462 e. The van der Waals surface area contributed by atoms with Gasteiger partial charge in [-0.25, -0.2) is 4.79 Å². The van der Waals surface area contributed by atoms with Gasteiger partial charge in [-0.2, -0.15) is 0 Å². The lowest BCUT2D eigenvalue weighted by molar-refractivity contribution is 0.0499. The summed E-state index contributed by atoms with van der Waals surface area (Å²) in [5.41, 5.74) is 6.66. The zero-order chi connectivity index (χ0) is 14.1. The maximum atomic E-state index is 11.8. The fraction of sp³-hybridized carbons (Fsp3) is 0.533. The van der Waals surface area contributed by atoms with Gasteiger partial charge in [-0.3, -0.25) is 0 Å². The molecule has 0 amide bonds. The van der Waals surface area contributed by atoms with Crippen molar-refractivity contribution in [3.05, 3.63) is 28.2 Å². The lowest BCUT2D eigenvalue weighted by Crippen LogP contribution is -2.09. The molecule has 2 N–H and O–H groups in total. The zero-order valence-corrected chi connectivity index (χ0v) is 13.0. The number of nitrogens with two attached hydrogens (primary N) is 1. The highest BCUT2D eigenvalue weighted by Crippen LogP contribution is 2.19. The van der Waals surface area contributed by atoms with E-state index in [-0.39, 0.29) is 5.97 Å². The maximum absolute atomic E-state index is 11.8. The van der Waals surface area contributed by atoms with Gasteiger partial charge in [0.05, 0.1) is 12.2 Å². The Kier molecular flexibility index (Phi) is 7.56. The number of halogens is 1. The standard InChI is InChI=1S/C15H22BrNO2/c1-2-3-4-5-6-7-10-19-15(18)13-9-8-12(16)11-14(13)17/h8-9,11H,2-7,10,17H2,1H3. The van der Waals surface area contributed by atoms with Gasteiger partial charge in [0.25, 0.3) is 0 Å².